The molecule has 0 spiro atoms. The van der Waals surface area contributed by atoms with E-state index in [1.165, 1.54) is 0 Å². The van der Waals surface area contributed by atoms with E-state index >= 15 is 0 Å². The van der Waals surface area contributed by atoms with E-state index in [1.54, 1.807) is 0 Å². The third kappa shape index (κ3) is 29.5. The molecule has 0 aliphatic heterocycles. The van der Waals surface area contributed by atoms with Crippen LogP contribution in [-0.4, -0.2) is 8.41 Å². The Morgan fingerprint density at radius 2 is 0.719 bits per heavy atom. The van der Waals surface area contributed by atoms with Crippen LogP contribution in [-0.2, 0) is 0 Å². The van der Waals surface area contributed by atoms with Gasteiger partial charge in [-0.05, 0) is 36.4 Å². The highest BCUT2D eigenvalue weighted by Crippen LogP contribution is 2.01. The van der Waals surface area contributed by atoms with Gasteiger partial charge < -0.3 is 16.6 Å². The van der Waals surface area contributed by atoms with Crippen molar-refractivity contribution in [3.63, 3.8) is 0 Å². The first-order chi connectivity index (χ1) is 14.3. The number of benzene rings is 3. The molecule has 0 unspecified atom stereocenters. The number of nitrogen functional groups attached to an aromatic ring is 3. The van der Waals surface area contributed by atoms with Crippen LogP contribution in [0.15, 0.2) is 91.0 Å². The van der Waals surface area contributed by atoms with Crippen molar-refractivity contribution in [2.24, 2.45) is 11.7 Å². The summed E-state index contributed by atoms with van der Waals surface area (Å²) in [5, 5.41) is 0. The molecule has 0 saturated heterocycles. The first kappa shape index (κ1) is 43.3. The molecule has 32 heavy (non-hydrogen) atoms. The number of nitrogens with two attached hydrogens (primary N) is 3. The van der Waals surface area contributed by atoms with Crippen molar-refractivity contribution in [2.75, 3.05) is 16.6 Å². The van der Waals surface area contributed by atoms with Crippen molar-refractivity contribution in [1.29, 1.82) is 0 Å². The average Bonchev–Trinajstić information content (AvgIpc) is 2.85. The largest absolute Gasteiger partial charge is 0.399 e. The van der Waals surface area contributed by atoms with Crippen LogP contribution in [0.1, 0.15) is 49.0 Å². The summed E-state index contributed by atoms with van der Waals surface area (Å²) in [6, 6.07) is 28.7. The highest BCUT2D eigenvalue weighted by atomic mass is 35.5. The van der Waals surface area contributed by atoms with Gasteiger partial charge in [0.2, 0.25) is 0 Å². The summed E-state index contributed by atoms with van der Waals surface area (Å²) >= 11 is 0. The van der Waals surface area contributed by atoms with E-state index in [-0.39, 0.29) is 28.2 Å². The van der Waals surface area contributed by atoms with Crippen molar-refractivity contribution in [2.45, 2.75) is 49.0 Å². The number of hydrazine groups is 2. The summed E-state index contributed by atoms with van der Waals surface area (Å²) < 4.78 is 0. The zero-order chi connectivity index (χ0) is 22.8. The van der Waals surface area contributed by atoms with E-state index in [9.17, 15) is 0 Å². The Labute approximate surface area is 206 Å². The maximum Gasteiger partial charge on any atom is 0.0485 e. The molecule has 0 atom stereocenters. The van der Waals surface area contributed by atoms with Crippen LogP contribution in [0.25, 0.3) is 0 Å². The van der Waals surface area contributed by atoms with Crippen molar-refractivity contribution < 1.29 is 0 Å². The summed E-state index contributed by atoms with van der Waals surface area (Å²) in [5.74, 6) is 10.2. The second-order valence-corrected chi connectivity index (χ2v) is 4.43. The minimum Gasteiger partial charge on any atom is -0.399 e. The Balaban J connectivity index is -0.0000000680. The molecule has 0 aliphatic carbocycles. The molecule has 181 valence electrons. The Bertz CT molecular complexity index is 590. The lowest BCUT2D eigenvalue weighted by atomic mass is 10.3. The van der Waals surface area contributed by atoms with Gasteiger partial charge in [0, 0.05) is 25.5 Å². The summed E-state index contributed by atoms with van der Waals surface area (Å²) in [6.07, 6.45) is 0. The normalized spacial score (nSPS) is 6.75. The van der Waals surface area contributed by atoms with Crippen LogP contribution in [0.5, 0.6) is 0 Å². The van der Waals surface area contributed by atoms with E-state index in [0.717, 1.165) is 17.1 Å². The Morgan fingerprint density at radius 1 is 0.500 bits per heavy atom. The highest BCUT2D eigenvalue weighted by molar-refractivity contribution is 5.85. The second kappa shape index (κ2) is 38.9. The fourth-order valence-corrected chi connectivity index (χ4v) is 1.52. The first-order valence-electron chi connectivity index (χ1n) is 10.1. The molecule has 7 heteroatoms. The summed E-state index contributed by atoms with van der Waals surface area (Å²) in [6.45, 7) is 12.0. The molecule has 3 aromatic carbocycles. The number of nitrogens with one attached hydrogen (secondary N) is 2. The van der Waals surface area contributed by atoms with Gasteiger partial charge in [0.15, 0.2) is 0 Å². The molecule has 0 aliphatic rings. The van der Waals surface area contributed by atoms with Crippen molar-refractivity contribution >= 4 is 37.9 Å². The predicted octanol–water partition coefficient (Wildman–Crippen LogP) is 6.97. The van der Waals surface area contributed by atoms with Crippen LogP contribution < -0.4 is 28.3 Å². The minimum absolute atomic E-state index is 0. The van der Waals surface area contributed by atoms with E-state index < -0.39 is 0 Å². The summed E-state index contributed by atoms with van der Waals surface area (Å²) in [4.78, 5) is 0. The van der Waals surface area contributed by atoms with Crippen molar-refractivity contribution in [1.82, 2.24) is 0 Å². The van der Waals surface area contributed by atoms with Gasteiger partial charge in [-0.1, -0.05) is 104 Å². The third-order valence-electron chi connectivity index (χ3n) is 2.68. The number of halogens is 1. The van der Waals surface area contributed by atoms with Gasteiger partial charge in [0.05, 0.1) is 0 Å². The van der Waals surface area contributed by atoms with E-state index in [0.29, 0.717) is 0 Å². The molecule has 0 saturated carbocycles. The van der Waals surface area contributed by atoms with Crippen LogP contribution in [0, 0.1) is 0 Å². The highest BCUT2D eigenvalue weighted by Gasteiger charge is 1.79. The van der Waals surface area contributed by atoms with Gasteiger partial charge in [-0.15, -0.1) is 12.4 Å². The van der Waals surface area contributed by atoms with Gasteiger partial charge in [-0.3, -0.25) is 11.7 Å². The zero-order valence-electron chi connectivity index (χ0n) is 19.9. The lowest BCUT2D eigenvalue weighted by molar-refractivity contribution is 1.35. The van der Waals surface area contributed by atoms with E-state index in [4.69, 9.17) is 17.4 Å². The molecule has 0 heterocycles. The van der Waals surface area contributed by atoms with Crippen LogP contribution in [0.3, 0.4) is 0 Å². The van der Waals surface area contributed by atoms with Crippen molar-refractivity contribution in [3.8, 4) is 0 Å². The second-order valence-electron chi connectivity index (χ2n) is 4.43. The monoisotopic (exact) mass is 462 g/mol. The molecule has 3 radical (unpaired) electrons. The van der Waals surface area contributed by atoms with Crippen LogP contribution in [0.4, 0.5) is 17.1 Å². The minimum atomic E-state index is 0. The smallest absolute Gasteiger partial charge is 0.0485 e. The van der Waals surface area contributed by atoms with Crippen LogP contribution in [0.2, 0.25) is 0 Å². The predicted molar refractivity (Wildman–Crippen MR) is 153 cm³/mol. The van der Waals surface area contributed by atoms with Crippen molar-refractivity contribution in [3.05, 3.63) is 91.0 Å². The van der Waals surface area contributed by atoms with Gasteiger partial charge in [0.25, 0.3) is 0 Å². The lowest BCUT2D eigenvalue weighted by Crippen LogP contribution is -2.05. The van der Waals surface area contributed by atoms with Gasteiger partial charge in [-0.25, -0.2) is 0 Å². The molecule has 0 bridgehead atoms. The first-order valence-corrected chi connectivity index (χ1v) is 10.1. The third-order valence-corrected chi connectivity index (χ3v) is 2.68. The standard InChI is InChI=1S/2C6H8N2.C6H7N.3C2H6.CH4.B.ClH/c2*7-8-6-4-2-1-3-5-6;7-6-4-2-1-3-5-6;3*1-2;;;/h2*1-5,8H,7H2;1-5H,7H2;3*1-2H3;1H4;;1H. The number of anilines is 3. The van der Waals surface area contributed by atoms with E-state index in [1.807, 2.05) is 133 Å². The van der Waals surface area contributed by atoms with Gasteiger partial charge >= 0.3 is 0 Å². The quantitative estimate of drug-likeness (QED) is 0.122. The molecule has 8 N–H and O–H groups in total. The summed E-state index contributed by atoms with van der Waals surface area (Å²) in [7, 11) is 0. The molecule has 5 nitrogen and oxygen atoms in total. The summed E-state index contributed by atoms with van der Waals surface area (Å²) in [5.41, 5.74) is 13.1. The maximum absolute atomic E-state index is 5.36. The van der Waals surface area contributed by atoms with E-state index in [2.05, 4.69) is 10.9 Å². The number of rotatable bonds is 2. The number of para-hydroxylation sites is 3. The zero-order valence-corrected chi connectivity index (χ0v) is 20.7. The molecular weight excluding hydrogens is 417 g/mol. The van der Waals surface area contributed by atoms with Crippen LogP contribution >= 0.6 is 12.4 Å². The fourth-order valence-electron chi connectivity index (χ4n) is 1.52. The van der Waals surface area contributed by atoms with Gasteiger partial charge in [-0.2, -0.15) is 0 Å². The maximum atomic E-state index is 5.36. The van der Waals surface area contributed by atoms with Gasteiger partial charge in [0.1, 0.15) is 0 Å². The fraction of sp³-hybridized carbons (Fsp3) is 0.280. The lowest BCUT2D eigenvalue weighted by Gasteiger charge is -1.94. The molecular formula is C25H46BClN5. The Hall–Kier alpha value is -2.67. The molecule has 0 aromatic heterocycles. The SMILES string of the molecule is C.CC.CC.CC.Cl.NNc1ccccc1.NNc1ccccc1.Nc1ccccc1.[B]. The Kier molecular flexibility index (Phi) is 52.6. The topological polar surface area (TPSA) is 102 Å². The molecule has 3 rings (SSSR count). The average molecular weight is 463 g/mol. The molecule has 0 fully saturated rings. The molecule has 3 aromatic rings. The number of hydrogen-bond acceptors (Lipinski definition) is 5. The number of hydrogen-bond donors (Lipinski definition) is 5. The molecule has 0 amide bonds. The Morgan fingerprint density at radius 3 is 0.844 bits per heavy atom.